The molecule has 1 N–H and O–H groups in total. The van der Waals surface area contributed by atoms with Crippen LogP contribution in [-0.2, 0) is 20.1 Å². The summed E-state index contributed by atoms with van der Waals surface area (Å²) in [6.45, 7) is 2.83. The second kappa shape index (κ2) is 7.52. The summed E-state index contributed by atoms with van der Waals surface area (Å²) in [6.07, 6.45) is 1.96. The fraction of sp³-hybridized carbons (Fsp3) is 0.294. The monoisotopic (exact) mass is 356 g/mol. The highest BCUT2D eigenvalue weighted by atomic mass is 32.2. The molecule has 2 heterocycles. The lowest BCUT2D eigenvalue weighted by atomic mass is 10.2. The Morgan fingerprint density at radius 3 is 2.64 bits per heavy atom. The maximum absolute atomic E-state index is 12.4. The van der Waals surface area contributed by atoms with E-state index in [1.54, 1.807) is 17.8 Å². The first-order chi connectivity index (χ1) is 12.1. The van der Waals surface area contributed by atoms with Crippen LogP contribution in [0.25, 0.3) is 0 Å². The molecule has 0 fully saturated rings. The second-order valence-electron chi connectivity index (χ2n) is 5.65. The molecule has 0 aliphatic rings. The first-order valence-electron chi connectivity index (χ1n) is 7.87. The standard InChI is InChI=1S/C17H20N6OS/c1-12-9-14(22(2)21-12)16(24)18-10-15-19-20-17(25-3)23(15)11-13-7-5-4-6-8-13/h4-9H,10-11H2,1-3H3,(H,18,24). The van der Waals surface area contributed by atoms with Crippen molar-refractivity contribution in [3.05, 3.63) is 59.2 Å². The van der Waals surface area contributed by atoms with Gasteiger partial charge in [0.05, 0.1) is 18.8 Å². The maximum Gasteiger partial charge on any atom is 0.269 e. The van der Waals surface area contributed by atoms with Gasteiger partial charge >= 0.3 is 0 Å². The minimum atomic E-state index is -0.178. The number of carbonyl (C=O) groups is 1. The van der Waals surface area contributed by atoms with E-state index in [0.29, 0.717) is 18.8 Å². The molecular weight excluding hydrogens is 336 g/mol. The number of hydrogen-bond acceptors (Lipinski definition) is 5. The molecular formula is C17H20N6OS. The van der Waals surface area contributed by atoms with Gasteiger partial charge in [-0.3, -0.25) is 9.48 Å². The molecule has 2 aromatic heterocycles. The van der Waals surface area contributed by atoms with Gasteiger partial charge in [-0.15, -0.1) is 10.2 Å². The molecule has 130 valence electrons. The van der Waals surface area contributed by atoms with Crippen LogP contribution in [0, 0.1) is 6.92 Å². The van der Waals surface area contributed by atoms with E-state index < -0.39 is 0 Å². The molecule has 0 saturated heterocycles. The summed E-state index contributed by atoms with van der Waals surface area (Å²) in [4.78, 5) is 12.4. The molecule has 3 aromatic rings. The van der Waals surface area contributed by atoms with Crippen molar-refractivity contribution in [1.29, 1.82) is 0 Å². The quantitative estimate of drug-likeness (QED) is 0.684. The largest absolute Gasteiger partial charge is 0.343 e. The average molecular weight is 356 g/mol. The number of aromatic nitrogens is 5. The van der Waals surface area contributed by atoms with Crippen molar-refractivity contribution in [2.75, 3.05) is 6.26 Å². The van der Waals surface area contributed by atoms with Gasteiger partial charge in [-0.05, 0) is 24.8 Å². The summed E-state index contributed by atoms with van der Waals surface area (Å²) in [5.74, 6) is 0.545. The summed E-state index contributed by atoms with van der Waals surface area (Å²) in [7, 11) is 1.76. The Balaban J connectivity index is 1.75. The fourth-order valence-electron chi connectivity index (χ4n) is 2.60. The number of amides is 1. The molecule has 0 spiro atoms. The van der Waals surface area contributed by atoms with Crippen LogP contribution < -0.4 is 5.32 Å². The summed E-state index contributed by atoms with van der Waals surface area (Å²) in [6, 6.07) is 11.9. The number of nitrogens with zero attached hydrogens (tertiary/aromatic N) is 5. The van der Waals surface area contributed by atoms with Crippen LogP contribution in [0.4, 0.5) is 0 Å². The molecule has 0 atom stereocenters. The Labute approximate surface area is 150 Å². The van der Waals surface area contributed by atoms with Crippen molar-refractivity contribution in [2.24, 2.45) is 7.05 Å². The van der Waals surface area contributed by atoms with Crippen LogP contribution in [0.3, 0.4) is 0 Å². The lowest BCUT2D eigenvalue weighted by Crippen LogP contribution is -2.26. The molecule has 25 heavy (non-hydrogen) atoms. The van der Waals surface area contributed by atoms with E-state index >= 15 is 0 Å². The van der Waals surface area contributed by atoms with Crippen molar-refractivity contribution in [2.45, 2.75) is 25.2 Å². The second-order valence-corrected chi connectivity index (χ2v) is 6.43. The van der Waals surface area contributed by atoms with Crippen molar-refractivity contribution in [3.8, 4) is 0 Å². The highest BCUT2D eigenvalue weighted by molar-refractivity contribution is 7.98. The lowest BCUT2D eigenvalue weighted by molar-refractivity contribution is 0.0940. The Bertz CT molecular complexity index is 871. The Kier molecular flexibility index (Phi) is 5.18. The normalized spacial score (nSPS) is 10.8. The zero-order valence-corrected chi connectivity index (χ0v) is 15.2. The Morgan fingerprint density at radius 2 is 2.00 bits per heavy atom. The maximum atomic E-state index is 12.4. The smallest absolute Gasteiger partial charge is 0.269 e. The molecule has 1 aromatic carbocycles. The molecule has 0 aliphatic carbocycles. The van der Waals surface area contributed by atoms with E-state index in [-0.39, 0.29) is 5.91 Å². The van der Waals surface area contributed by atoms with Crippen molar-refractivity contribution in [3.63, 3.8) is 0 Å². The molecule has 8 heteroatoms. The summed E-state index contributed by atoms with van der Waals surface area (Å²) in [5.41, 5.74) is 2.49. The summed E-state index contributed by atoms with van der Waals surface area (Å²) < 4.78 is 3.60. The van der Waals surface area contributed by atoms with Gasteiger partial charge in [0, 0.05) is 7.05 Å². The number of hydrogen-bond donors (Lipinski definition) is 1. The van der Waals surface area contributed by atoms with E-state index in [2.05, 4.69) is 32.7 Å². The summed E-state index contributed by atoms with van der Waals surface area (Å²) in [5, 5.41) is 16.4. The minimum absolute atomic E-state index is 0.178. The topological polar surface area (TPSA) is 77.6 Å². The van der Waals surface area contributed by atoms with Gasteiger partial charge in [0.1, 0.15) is 5.69 Å². The van der Waals surface area contributed by atoms with E-state index in [1.165, 1.54) is 11.8 Å². The SMILES string of the molecule is CSc1nnc(CNC(=O)c2cc(C)nn2C)n1Cc1ccccc1. The Morgan fingerprint density at radius 1 is 1.24 bits per heavy atom. The minimum Gasteiger partial charge on any atom is -0.343 e. The highest BCUT2D eigenvalue weighted by Crippen LogP contribution is 2.16. The van der Waals surface area contributed by atoms with Crippen LogP contribution in [0.15, 0.2) is 41.6 Å². The van der Waals surface area contributed by atoms with Crippen LogP contribution >= 0.6 is 11.8 Å². The first kappa shape index (κ1) is 17.2. The zero-order valence-electron chi connectivity index (χ0n) is 14.4. The van der Waals surface area contributed by atoms with E-state index in [9.17, 15) is 4.79 Å². The third-order valence-electron chi connectivity index (χ3n) is 3.80. The molecule has 1 amide bonds. The van der Waals surface area contributed by atoms with Crippen LogP contribution in [-0.4, -0.2) is 36.7 Å². The van der Waals surface area contributed by atoms with E-state index in [4.69, 9.17) is 0 Å². The number of nitrogens with one attached hydrogen (secondary N) is 1. The fourth-order valence-corrected chi connectivity index (χ4v) is 3.11. The van der Waals surface area contributed by atoms with Gasteiger partial charge in [0.25, 0.3) is 5.91 Å². The van der Waals surface area contributed by atoms with Gasteiger partial charge in [0.15, 0.2) is 11.0 Å². The number of rotatable bonds is 6. The van der Waals surface area contributed by atoms with E-state index in [1.807, 2.05) is 35.9 Å². The zero-order chi connectivity index (χ0) is 17.8. The molecule has 0 radical (unpaired) electrons. The molecule has 3 rings (SSSR count). The van der Waals surface area contributed by atoms with Crippen LogP contribution in [0.2, 0.25) is 0 Å². The predicted molar refractivity (Wildman–Crippen MR) is 96.5 cm³/mol. The van der Waals surface area contributed by atoms with Gasteiger partial charge in [-0.25, -0.2) is 0 Å². The first-order valence-corrected chi connectivity index (χ1v) is 9.10. The number of aryl methyl sites for hydroxylation is 2. The van der Waals surface area contributed by atoms with Gasteiger partial charge < -0.3 is 9.88 Å². The third-order valence-corrected chi connectivity index (χ3v) is 4.47. The van der Waals surface area contributed by atoms with Crippen molar-refractivity contribution >= 4 is 17.7 Å². The van der Waals surface area contributed by atoms with Gasteiger partial charge in [-0.2, -0.15) is 5.10 Å². The van der Waals surface area contributed by atoms with Gasteiger partial charge in [0.2, 0.25) is 0 Å². The number of carbonyl (C=O) groups excluding carboxylic acids is 1. The van der Waals surface area contributed by atoms with Crippen LogP contribution in [0.5, 0.6) is 0 Å². The van der Waals surface area contributed by atoms with E-state index in [0.717, 1.165) is 22.2 Å². The van der Waals surface area contributed by atoms with Crippen molar-refractivity contribution in [1.82, 2.24) is 29.9 Å². The number of thioether (sulfide) groups is 1. The highest BCUT2D eigenvalue weighted by Gasteiger charge is 2.15. The van der Waals surface area contributed by atoms with Crippen molar-refractivity contribution < 1.29 is 4.79 Å². The number of benzene rings is 1. The molecule has 0 bridgehead atoms. The van der Waals surface area contributed by atoms with Crippen LogP contribution in [0.1, 0.15) is 27.6 Å². The Hall–Kier alpha value is -2.61. The molecule has 0 aliphatic heterocycles. The third kappa shape index (κ3) is 3.90. The van der Waals surface area contributed by atoms with Gasteiger partial charge in [-0.1, -0.05) is 42.1 Å². The summed E-state index contributed by atoms with van der Waals surface area (Å²) >= 11 is 1.53. The molecule has 0 saturated carbocycles. The molecule has 7 nitrogen and oxygen atoms in total. The predicted octanol–water partition coefficient (Wildman–Crippen LogP) is 2.02. The molecule has 0 unspecified atom stereocenters. The average Bonchev–Trinajstić information content (AvgIpc) is 3.16. The lowest BCUT2D eigenvalue weighted by Gasteiger charge is -2.10.